The third-order valence-electron chi connectivity index (χ3n) is 6.75. The molecule has 4 atom stereocenters. The van der Waals surface area contributed by atoms with E-state index >= 15 is 0 Å². The van der Waals surface area contributed by atoms with E-state index in [0.717, 1.165) is 16.8 Å². The van der Waals surface area contributed by atoms with Gasteiger partial charge in [0, 0.05) is 23.7 Å². The maximum absolute atomic E-state index is 12.7. The fourth-order valence-corrected chi connectivity index (χ4v) is 5.36. The van der Waals surface area contributed by atoms with Crippen LogP contribution in [-0.2, 0) is 16.1 Å². The van der Waals surface area contributed by atoms with Gasteiger partial charge in [-0.1, -0.05) is 30.3 Å². The second-order valence-corrected chi connectivity index (χ2v) is 10.1. The number of rotatable bonds is 5. The number of hydrogen-bond acceptors (Lipinski definition) is 7. The fraction of sp³-hybridized carbons (Fsp3) is 0.462. The van der Waals surface area contributed by atoms with Crippen molar-refractivity contribution < 1.29 is 28.9 Å². The van der Waals surface area contributed by atoms with Crippen LogP contribution in [-0.4, -0.2) is 66.1 Å². The summed E-state index contributed by atoms with van der Waals surface area (Å²) in [7, 11) is 1.35. The lowest BCUT2D eigenvalue weighted by molar-refractivity contribution is 0.0378. The highest BCUT2D eigenvalue weighted by atomic mass is 16.6. The molecule has 5 rings (SSSR count). The lowest BCUT2D eigenvalue weighted by Gasteiger charge is -2.28. The first kappa shape index (κ1) is 22.5. The van der Waals surface area contributed by atoms with Crippen molar-refractivity contribution in [3.8, 4) is 5.75 Å². The van der Waals surface area contributed by atoms with Gasteiger partial charge in [-0.3, -0.25) is 4.90 Å². The monoisotopic (exact) mass is 466 g/mol. The number of anilines is 1. The predicted molar refractivity (Wildman–Crippen MR) is 125 cm³/mol. The summed E-state index contributed by atoms with van der Waals surface area (Å²) < 4.78 is 16.8. The summed E-state index contributed by atoms with van der Waals surface area (Å²) in [5.41, 5.74) is 2.54. The molecule has 1 amide bonds. The third-order valence-corrected chi connectivity index (χ3v) is 6.75. The van der Waals surface area contributed by atoms with E-state index in [1.165, 1.54) is 7.11 Å². The number of amides is 1. The molecule has 2 aromatic rings. The van der Waals surface area contributed by atoms with Gasteiger partial charge in [-0.15, -0.1) is 0 Å². The van der Waals surface area contributed by atoms with Crippen LogP contribution in [0.3, 0.4) is 0 Å². The first-order valence-electron chi connectivity index (χ1n) is 11.6. The molecule has 0 saturated carbocycles. The summed E-state index contributed by atoms with van der Waals surface area (Å²) in [5.74, 6) is -0.151. The van der Waals surface area contributed by atoms with Gasteiger partial charge in [0.05, 0.1) is 37.4 Å². The molecule has 0 bridgehead atoms. The van der Waals surface area contributed by atoms with Crippen LogP contribution in [0.25, 0.3) is 0 Å². The molecule has 8 nitrogen and oxygen atoms in total. The number of esters is 1. The molecule has 3 aliphatic heterocycles. The number of fused-ring (bicyclic) bond motifs is 5. The Bertz CT molecular complexity index is 1110. The number of nitrogens with zero attached hydrogens (tertiary/aromatic N) is 2. The minimum absolute atomic E-state index is 0.0255. The van der Waals surface area contributed by atoms with Crippen LogP contribution in [0.15, 0.2) is 42.5 Å². The first-order chi connectivity index (χ1) is 16.2. The van der Waals surface area contributed by atoms with Gasteiger partial charge < -0.3 is 24.2 Å². The van der Waals surface area contributed by atoms with Gasteiger partial charge in [-0.2, -0.15) is 0 Å². The summed E-state index contributed by atoms with van der Waals surface area (Å²) in [4.78, 5) is 29.1. The molecule has 8 heteroatoms. The summed E-state index contributed by atoms with van der Waals surface area (Å²) in [6, 6.07) is 13.1. The normalized spacial score (nSPS) is 24.3. The molecular formula is C26H30N2O6. The SMILES string of the molecule is COC(=O)c1cc(OCc2ccccc2)c2c(c1)N1C[C@H]3[C@@H]([C@H]1[C@@H]2CO)N3C(=O)OC(C)(C)C. The number of carbonyl (C=O) groups excluding carboxylic acids is 2. The molecule has 3 heterocycles. The molecule has 2 fully saturated rings. The molecule has 2 aromatic carbocycles. The first-order valence-corrected chi connectivity index (χ1v) is 11.6. The summed E-state index contributed by atoms with van der Waals surface area (Å²) in [6.07, 6.45) is -0.328. The number of benzene rings is 2. The molecule has 1 N–H and O–H groups in total. The van der Waals surface area contributed by atoms with Crippen LogP contribution in [0.5, 0.6) is 5.75 Å². The zero-order valence-electron chi connectivity index (χ0n) is 19.9. The van der Waals surface area contributed by atoms with Crippen molar-refractivity contribution in [3.63, 3.8) is 0 Å². The van der Waals surface area contributed by atoms with E-state index in [1.54, 1.807) is 11.0 Å². The maximum Gasteiger partial charge on any atom is 0.411 e. The number of ether oxygens (including phenoxy) is 3. The van der Waals surface area contributed by atoms with Gasteiger partial charge >= 0.3 is 12.1 Å². The van der Waals surface area contributed by atoms with Crippen molar-refractivity contribution in [1.82, 2.24) is 4.90 Å². The van der Waals surface area contributed by atoms with Crippen molar-refractivity contribution in [3.05, 3.63) is 59.2 Å². The number of aliphatic hydroxyl groups is 1. The van der Waals surface area contributed by atoms with Gasteiger partial charge in [0.25, 0.3) is 0 Å². The Morgan fingerprint density at radius 3 is 2.50 bits per heavy atom. The van der Waals surface area contributed by atoms with Crippen LogP contribution in [0.1, 0.15) is 48.2 Å². The minimum atomic E-state index is -0.573. The Balaban J connectivity index is 1.47. The van der Waals surface area contributed by atoms with Crippen LogP contribution >= 0.6 is 0 Å². The molecule has 34 heavy (non-hydrogen) atoms. The lowest BCUT2D eigenvalue weighted by atomic mass is 9.92. The molecule has 0 aliphatic carbocycles. The third kappa shape index (κ3) is 3.76. The lowest BCUT2D eigenvalue weighted by Crippen LogP contribution is -2.41. The highest BCUT2D eigenvalue weighted by Gasteiger charge is 2.67. The van der Waals surface area contributed by atoms with Gasteiger partial charge in [-0.25, -0.2) is 9.59 Å². The van der Waals surface area contributed by atoms with Crippen molar-refractivity contribution in [2.75, 3.05) is 25.2 Å². The minimum Gasteiger partial charge on any atom is -0.489 e. The van der Waals surface area contributed by atoms with Gasteiger partial charge in [0.15, 0.2) is 0 Å². The quantitative estimate of drug-likeness (QED) is 0.534. The van der Waals surface area contributed by atoms with E-state index in [9.17, 15) is 14.7 Å². The van der Waals surface area contributed by atoms with Crippen LogP contribution in [0, 0.1) is 0 Å². The van der Waals surface area contributed by atoms with Gasteiger partial charge in [0.1, 0.15) is 18.0 Å². The maximum atomic E-state index is 12.7. The Hall–Kier alpha value is -3.26. The van der Waals surface area contributed by atoms with Crippen molar-refractivity contribution in [1.29, 1.82) is 0 Å². The van der Waals surface area contributed by atoms with E-state index in [4.69, 9.17) is 14.2 Å². The standard InChI is InChI=1S/C26H30N2O6/c1-26(2,3)34-25(31)28-19-12-27-18-10-16(24(30)32-4)11-20(33-14-15-8-6-5-7-9-15)21(18)17(13-29)22(27)23(19)28/h5-11,17,19,22-23,29H,12-14H2,1-4H3/t17-,19+,22-,23+,28?/m1/s1. The predicted octanol–water partition coefficient (Wildman–Crippen LogP) is 3.32. The molecule has 3 aliphatic rings. The topological polar surface area (TPSA) is 88.3 Å². The zero-order valence-corrected chi connectivity index (χ0v) is 19.9. The van der Waals surface area contributed by atoms with Crippen LogP contribution in [0.2, 0.25) is 0 Å². The number of piperazine rings is 1. The van der Waals surface area contributed by atoms with Crippen molar-refractivity contribution in [2.24, 2.45) is 0 Å². The molecule has 2 saturated heterocycles. The molecule has 0 spiro atoms. The molecule has 180 valence electrons. The average molecular weight is 467 g/mol. The molecule has 0 radical (unpaired) electrons. The fourth-order valence-electron chi connectivity index (χ4n) is 5.36. The number of carbonyl (C=O) groups is 2. The molecular weight excluding hydrogens is 436 g/mol. The van der Waals surface area contributed by atoms with E-state index in [0.29, 0.717) is 24.5 Å². The van der Waals surface area contributed by atoms with E-state index in [1.807, 2.05) is 57.2 Å². The van der Waals surface area contributed by atoms with E-state index in [-0.39, 0.29) is 36.7 Å². The highest BCUT2D eigenvalue weighted by molar-refractivity contribution is 5.92. The second kappa shape index (κ2) is 8.20. The van der Waals surface area contributed by atoms with Gasteiger partial charge in [-0.05, 0) is 38.5 Å². The second-order valence-electron chi connectivity index (χ2n) is 10.1. The van der Waals surface area contributed by atoms with Crippen molar-refractivity contribution >= 4 is 17.7 Å². The largest absolute Gasteiger partial charge is 0.489 e. The smallest absolute Gasteiger partial charge is 0.411 e. The van der Waals surface area contributed by atoms with Crippen LogP contribution in [0.4, 0.5) is 10.5 Å². The zero-order chi connectivity index (χ0) is 24.2. The number of methoxy groups -OCH3 is 1. The Morgan fingerprint density at radius 2 is 1.85 bits per heavy atom. The van der Waals surface area contributed by atoms with E-state index in [2.05, 4.69) is 4.90 Å². The Morgan fingerprint density at radius 1 is 1.12 bits per heavy atom. The Labute approximate surface area is 199 Å². The summed E-state index contributed by atoms with van der Waals surface area (Å²) in [5, 5.41) is 10.4. The summed E-state index contributed by atoms with van der Waals surface area (Å²) in [6.45, 7) is 6.39. The number of aliphatic hydroxyl groups excluding tert-OH is 1. The summed E-state index contributed by atoms with van der Waals surface area (Å²) >= 11 is 0. The number of hydrogen-bond donors (Lipinski definition) is 1. The van der Waals surface area contributed by atoms with Gasteiger partial charge in [0.2, 0.25) is 0 Å². The highest BCUT2D eigenvalue weighted by Crippen LogP contribution is 2.56. The molecule has 0 unspecified atom stereocenters. The molecule has 0 aromatic heterocycles. The average Bonchev–Trinajstić information content (AvgIpc) is 3.24. The van der Waals surface area contributed by atoms with Crippen molar-refractivity contribution in [2.45, 2.75) is 57.0 Å². The van der Waals surface area contributed by atoms with E-state index < -0.39 is 11.6 Å². The van der Waals surface area contributed by atoms with Crippen LogP contribution < -0.4 is 9.64 Å². The Kier molecular flexibility index (Phi) is 5.43.